The third-order valence-electron chi connectivity index (χ3n) is 4.95. The van der Waals surface area contributed by atoms with Crippen LogP contribution in [0.5, 0.6) is 5.75 Å². The number of nitrogens with one attached hydrogen (secondary N) is 1. The first-order valence-corrected chi connectivity index (χ1v) is 13.0. The highest BCUT2D eigenvalue weighted by molar-refractivity contribution is 8.01. The molecule has 1 N–H and O–H groups in total. The van der Waals surface area contributed by atoms with Crippen LogP contribution in [0.15, 0.2) is 27.4 Å². The van der Waals surface area contributed by atoms with E-state index in [1.165, 1.54) is 32.4 Å². The number of carbonyl (C=O) groups excluding carboxylic acids is 2. The van der Waals surface area contributed by atoms with E-state index in [0.717, 1.165) is 35.9 Å². The van der Waals surface area contributed by atoms with Gasteiger partial charge < -0.3 is 14.4 Å². The van der Waals surface area contributed by atoms with Crippen LogP contribution in [0.1, 0.15) is 30.1 Å². The molecule has 0 unspecified atom stereocenters. The summed E-state index contributed by atoms with van der Waals surface area (Å²) in [5, 5.41) is 7.71. The van der Waals surface area contributed by atoms with E-state index in [4.69, 9.17) is 4.74 Å². The zero-order valence-corrected chi connectivity index (χ0v) is 20.3. The van der Waals surface area contributed by atoms with Gasteiger partial charge in [0.05, 0.1) is 30.4 Å². The maximum atomic E-state index is 13.0. The lowest BCUT2D eigenvalue weighted by Crippen LogP contribution is -2.38. The van der Waals surface area contributed by atoms with Crippen molar-refractivity contribution in [2.24, 2.45) is 5.92 Å². The fourth-order valence-corrected chi connectivity index (χ4v) is 5.91. The molecular weight excluding hydrogens is 476 g/mol. The molecule has 0 saturated carbocycles. The first kappa shape index (κ1) is 24.3. The number of likely N-dealkylation sites (tertiary alicyclic amines) is 1. The minimum Gasteiger partial charge on any atom is -0.496 e. The summed E-state index contributed by atoms with van der Waals surface area (Å²) in [5.74, 6) is 0.218. The number of rotatable bonds is 8. The van der Waals surface area contributed by atoms with E-state index < -0.39 is 16.0 Å². The molecule has 1 amide bonds. The van der Waals surface area contributed by atoms with Crippen LogP contribution in [0.3, 0.4) is 0 Å². The van der Waals surface area contributed by atoms with Crippen LogP contribution in [0.25, 0.3) is 0 Å². The average molecular weight is 501 g/mol. The van der Waals surface area contributed by atoms with Crippen molar-refractivity contribution in [3.8, 4) is 5.75 Å². The molecule has 0 atom stereocenters. The Bertz CT molecular complexity index is 1080. The van der Waals surface area contributed by atoms with Gasteiger partial charge >= 0.3 is 5.97 Å². The molecule has 0 aliphatic carbocycles. The van der Waals surface area contributed by atoms with Crippen LogP contribution in [0, 0.1) is 5.92 Å². The van der Waals surface area contributed by atoms with Crippen molar-refractivity contribution in [1.29, 1.82) is 0 Å². The first-order valence-electron chi connectivity index (χ1n) is 9.76. The highest BCUT2D eigenvalue weighted by Gasteiger charge is 2.26. The van der Waals surface area contributed by atoms with Gasteiger partial charge in [0.2, 0.25) is 5.13 Å². The standard InChI is InChI=1S/C19H24N4O6S3/c1-12-6-8-23(9-7-12)17(25)14-10-13(4-5-15(14)28-2)32(26,27)22-18-20-21-19(31-18)30-11-16(24)29-3/h4-5,10,12H,6-9,11H2,1-3H3,(H,20,22). The van der Waals surface area contributed by atoms with Crippen LogP contribution in [-0.4, -0.2) is 68.5 Å². The predicted molar refractivity (Wildman–Crippen MR) is 121 cm³/mol. The molecule has 2 heterocycles. The Morgan fingerprint density at radius 2 is 1.97 bits per heavy atom. The zero-order chi connectivity index (χ0) is 23.3. The molecule has 32 heavy (non-hydrogen) atoms. The molecule has 0 bridgehead atoms. The third kappa shape index (κ3) is 5.90. The zero-order valence-electron chi connectivity index (χ0n) is 17.9. The molecule has 1 fully saturated rings. The number of aromatic nitrogens is 2. The summed E-state index contributed by atoms with van der Waals surface area (Å²) in [6.45, 7) is 3.39. The number of methoxy groups -OCH3 is 2. The van der Waals surface area contributed by atoms with Crippen LogP contribution < -0.4 is 9.46 Å². The number of thioether (sulfide) groups is 1. The van der Waals surface area contributed by atoms with Crippen LogP contribution in [-0.2, 0) is 19.6 Å². The smallest absolute Gasteiger partial charge is 0.316 e. The SMILES string of the molecule is COC(=O)CSc1nnc(NS(=O)(=O)c2ccc(OC)c(C(=O)N3CCC(C)CC3)c2)s1. The molecule has 0 spiro atoms. The fraction of sp³-hybridized carbons (Fsp3) is 0.474. The highest BCUT2D eigenvalue weighted by Crippen LogP contribution is 2.29. The molecule has 1 aromatic carbocycles. The van der Waals surface area contributed by atoms with E-state index in [1.54, 1.807) is 4.90 Å². The maximum Gasteiger partial charge on any atom is 0.316 e. The number of piperidine rings is 1. The van der Waals surface area contributed by atoms with Gasteiger partial charge in [0.25, 0.3) is 15.9 Å². The lowest BCUT2D eigenvalue weighted by Gasteiger charge is -2.30. The predicted octanol–water partition coefficient (Wildman–Crippen LogP) is 2.48. The quantitative estimate of drug-likeness (QED) is 0.429. The van der Waals surface area contributed by atoms with Gasteiger partial charge in [-0.3, -0.25) is 14.3 Å². The number of sulfonamides is 1. The van der Waals surface area contributed by atoms with Crippen LogP contribution in [0.2, 0.25) is 0 Å². The topological polar surface area (TPSA) is 128 Å². The largest absolute Gasteiger partial charge is 0.496 e. The Balaban J connectivity index is 1.78. The van der Waals surface area contributed by atoms with Crippen LogP contribution >= 0.6 is 23.1 Å². The molecule has 10 nitrogen and oxygen atoms in total. The van der Waals surface area contributed by atoms with E-state index in [9.17, 15) is 18.0 Å². The maximum absolute atomic E-state index is 13.0. The van der Waals surface area contributed by atoms with Gasteiger partial charge in [-0.2, -0.15) is 0 Å². The molecule has 3 rings (SSSR count). The number of hydrogen-bond acceptors (Lipinski definition) is 10. The number of ether oxygens (including phenoxy) is 2. The Hall–Kier alpha value is -2.38. The lowest BCUT2D eigenvalue weighted by molar-refractivity contribution is -0.137. The summed E-state index contributed by atoms with van der Waals surface area (Å²) in [7, 11) is -1.31. The van der Waals surface area contributed by atoms with Gasteiger partial charge in [0.1, 0.15) is 5.75 Å². The van der Waals surface area contributed by atoms with Crippen molar-refractivity contribution in [3.05, 3.63) is 23.8 Å². The third-order valence-corrected chi connectivity index (χ3v) is 8.36. The Kier molecular flexibility index (Phi) is 7.96. The normalized spacial score (nSPS) is 14.8. The fourth-order valence-electron chi connectivity index (χ4n) is 3.07. The van der Waals surface area contributed by atoms with Crippen molar-refractivity contribution in [2.75, 3.05) is 37.8 Å². The molecular formula is C19H24N4O6S3. The van der Waals surface area contributed by atoms with Gasteiger partial charge in [-0.15, -0.1) is 10.2 Å². The molecule has 1 aliphatic heterocycles. The van der Waals surface area contributed by atoms with Crippen LogP contribution in [0.4, 0.5) is 5.13 Å². The van der Waals surface area contributed by atoms with E-state index in [2.05, 4.69) is 26.6 Å². The molecule has 0 radical (unpaired) electrons. The van der Waals surface area contributed by atoms with Gasteiger partial charge in [0.15, 0.2) is 4.34 Å². The molecule has 1 saturated heterocycles. The summed E-state index contributed by atoms with van der Waals surface area (Å²) in [6, 6.07) is 4.14. The summed E-state index contributed by atoms with van der Waals surface area (Å²) in [4.78, 5) is 25.9. The Morgan fingerprint density at radius 1 is 1.25 bits per heavy atom. The van der Waals surface area contributed by atoms with Crippen molar-refractivity contribution >= 4 is 50.1 Å². The monoisotopic (exact) mass is 500 g/mol. The average Bonchev–Trinajstić information content (AvgIpc) is 3.23. The number of amides is 1. The number of esters is 1. The second-order valence-corrected chi connectivity index (χ2v) is 11.1. The minimum atomic E-state index is -4.03. The number of anilines is 1. The number of benzene rings is 1. The molecule has 174 valence electrons. The number of carbonyl (C=O) groups is 2. The molecule has 13 heteroatoms. The van der Waals surface area contributed by atoms with Crippen molar-refractivity contribution in [2.45, 2.75) is 29.0 Å². The van der Waals surface area contributed by atoms with Crippen molar-refractivity contribution in [3.63, 3.8) is 0 Å². The second kappa shape index (κ2) is 10.5. The van der Waals surface area contributed by atoms with Gasteiger partial charge in [-0.1, -0.05) is 30.0 Å². The summed E-state index contributed by atoms with van der Waals surface area (Å²) < 4.78 is 38.4. The van der Waals surface area contributed by atoms with Gasteiger partial charge in [-0.05, 0) is 37.0 Å². The summed E-state index contributed by atoms with van der Waals surface area (Å²) >= 11 is 2.08. The van der Waals surface area contributed by atoms with Crippen molar-refractivity contribution < 1.29 is 27.5 Å². The molecule has 2 aromatic rings. The second-order valence-electron chi connectivity index (χ2n) is 7.18. The van der Waals surface area contributed by atoms with E-state index in [-0.39, 0.29) is 27.3 Å². The van der Waals surface area contributed by atoms with Gasteiger partial charge in [0, 0.05) is 13.1 Å². The first-order chi connectivity index (χ1) is 15.2. The Morgan fingerprint density at radius 3 is 2.62 bits per heavy atom. The Labute approximate surface area is 194 Å². The van der Waals surface area contributed by atoms with E-state index in [0.29, 0.717) is 29.1 Å². The van der Waals surface area contributed by atoms with E-state index >= 15 is 0 Å². The van der Waals surface area contributed by atoms with Crippen molar-refractivity contribution in [1.82, 2.24) is 15.1 Å². The minimum absolute atomic E-state index is 0.0388. The lowest BCUT2D eigenvalue weighted by atomic mass is 9.98. The highest BCUT2D eigenvalue weighted by atomic mass is 32.2. The summed E-state index contributed by atoms with van der Waals surface area (Å²) in [6.07, 6.45) is 1.81. The summed E-state index contributed by atoms with van der Waals surface area (Å²) in [5.41, 5.74) is 0.191. The number of hydrogen-bond donors (Lipinski definition) is 1. The number of nitrogens with zero attached hydrogens (tertiary/aromatic N) is 3. The molecule has 1 aliphatic rings. The van der Waals surface area contributed by atoms with E-state index in [1.807, 2.05) is 0 Å². The van der Waals surface area contributed by atoms with Gasteiger partial charge in [-0.25, -0.2) is 8.42 Å². The molecule has 1 aromatic heterocycles.